The summed E-state index contributed by atoms with van der Waals surface area (Å²) >= 11 is 2.09. The molecule has 0 bridgehead atoms. The predicted octanol–water partition coefficient (Wildman–Crippen LogP) is 5.71. The van der Waals surface area contributed by atoms with Gasteiger partial charge in [-0.05, 0) is 61.9 Å². The molecule has 0 saturated heterocycles. The zero-order valence-electron chi connectivity index (χ0n) is 19.3. The molecule has 3 aromatic rings. The van der Waals surface area contributed by atoms with Crippen molar-refractivity contribution in [1.29, 1.82) is 0 Å². The molecule has 3 nitrogen and oxygen atoms in total. The van der Waals surface area contributed by atoms with Crippen LogP contribution in [0.5, 0.6) is 0 Å². The molecular weight excluding hydrogens is 512 g/mol. The smallest absolute Gasteiger partial charge is 0.485 e. The summed E-state index contributed by atoms with van der Waals surface area (Å²) in [6.45, 7) is 0. The van der Waals surface area contributed by atoms with Crippen molar-refractivity contribution < 1.29 is 26.1 Å². The molecule has 4 rings (SSSR count). The molecule has 0 aromatic heterocycles. The van der Waals surface area contributed by atoms with Crippen LogP contribution in [0.3, 0.4) is 0 Å². The monoisotopic (exact) mass is 540 g/mol. The van der Waals surface area contributed by atoms with Gasteiger partial charge < -0.3 is 4.55 Å². The highest BCUT2D eigenvalue weighted by Crippen LogP contribution is 2.64. The second-order valence-corrected chi connectivity index (χ2v) is 14.4. The summed E-state index contributed by atoms with van der Waals surface area (Å²) in [6.07, 6.45) is 7.73. The maximum Gasteiger partial charge on any atom is 0.485 e. The molecule has 1 aliphatic rings. The van der Waals surface area contributed by atoms with Gasteiger partial charge in [-0.25, -0.2) is 8.42 Å². The van der Waals surface area contributed by atoms with Gasteiger partial charge in [0.05, 0.1) is 5.66 Å². The molecule has 35 heavy (non-hydrogen) atoms. The molecular formula is C26H28F3O3PS2. The molecule has 188 valence electrons. The molecule has 0 aliphatic heterocycles. The Labute approximate surface area is 210 Å². The Balaban J connectivity index is 0.000000371. The zero-order valence-corrected chi connectivity index (χ0v) is 21.8. The van der Waals surface area contributed by atoms with E-state index >= 15 is 0 Å². The van der Waals surface area contributed by atoms with Crippen molar-refractivity contribution in [3.05, 3.63) is 91.0 Å². The highest BCUT2D eigenvalue weighted by molar-refractivity contribution is 8.01. The molecule has 0 spiro atoms. The van der Waals surface area contributed by atoms with Crippen LogP contribution in [0.1, 0.15) is 25.7 Å². The minimum atomic E-state index is -6.09. The van der Waals surface area contributed by atoms with Gasteiger partial charge >= 0.3 is 5.51 Å². The molecule has 3 aromatic carbocycles. The minimum absolute atomic E-state index is 0.702. The highest BCUT2D eigenvalue weighted by atomic mass is 32.2. The van der Waals surface area contributed by atoms with Crippen molar-refractivity contribution in [3.63, 3.8) is 0 Å². The maximum atomic E-state index is 10.7. The number of thioether (sulfide) groups is 1. The lowest BCUT2D eigenvalue weighted by Crippen LogP contribution is -2.44. The SMILES string of the molecule is CSC1CCCCC1[P+](c1ccccc1)(c1ccccc1)c1ccccc1.O=S(=O)([O-])C(F)(F)F. The van der Waals surface area contributed by atoms with Crippen LogP contribution in [0.4, 0.5) is 13.2 Å². The van der Waals surface area contributed by atoms with Crippen LogP contribution in [0.2, 0.25) is 0 Å². The summed E-state index contributed by atoms with van der Waals surface area (Å²) in [4.78, 5) is 0. The molecule has 9 heteroatoms. The third kappa shape index (κ3) is 6.29. The van der Waals surface area contributed by atoms with Crippen molar-refractivity contribution in [1.82, 2.24) is 0 Å². The van der Waals surface area contributed by atoms with Crippen LogP contribution < -0.4 is 15.9 Å². The first-order chi connectivity index (χ1) is 16.6. The van der Waals surface area contributed by atoms with Gasteiger partial charge in [-0.3, -0.25) is 0 Å². The third-order valence-corrected chi connectivity index (χ3v) is 13.1. The highest BCUT2D eigenvalue weighted by Gasteiger charge is 2.55. The van der Waals surface area contributed by atoms with Crippen LogP contribution in [0.15, 0.2) is 91.0 Å². The fraction of sp³-hybridized carbons (Fsp3) is 0.308. The first-order valence-corrected chi connectivity index (χ1v) is 15.8. The number of halogens is 3. The van der Waals surface area contributed by atoms with Gasteiger partial charge in [-0.1, -0.05) is 61.0 Å². The van der Waals surface area contributed by atoms with E-state index in [-0.39, 0.29) is 0 Å². The van der Waals surface area contributed by atoms with Crippen molar-refractivity contribution in [2.45, 2.75) is 42.1 Å². The van der Waals surface area contributed by atoms with Crippen molar-refractivity contribution in [2.24, 2.45) is 0 Å². The summed E-state index contributed by atoms with van der Waals surface area (Å²) in [5, 5.41) is 5.34. The van der Waals surface area contributed by atoms with Gasteiger partial charge in [-0.2, -0.15) is 24.9 Å². The van der Waals surface area contributed by atoms with E-state index in [0.29, 0.717) is 5.66 Å². The standard InChI is InChI=1S/C25H28PS.CHF3O3S/c1-27-25-20-12-11-19-24(25)26(21-13-5-2-6-14-21,22-15-7-3-8-16-22)23-17-9-4-10-18-23;2-1(3,4)8(5,6)7/h2-10,13-18,24-25H,11-12,19-20H2,1H3;(H,5,6,7)/q+1;/p-1. The van der Waals surface area contributed by atoms with Crippen molar-refractivity contribution in [3.8, 4) is 0 Å². The second kappa shape index (κ2) is 11.9. The Hall–Kier alpha value is -1.86. The third-order valence-electron chi connectivity index (χ3n) is 6.24. The van der Waals surface area contributed by atoms with E-state index in [1.165, 1.54) is 41.6 Å². The van der Waals surface area contributed by atoms with Gasteiger partial charge in [0.1, 0.15) is 23.2 Å². The van der Waals surface area contributed by atoms with Gasteiger partial charge in [0.2, 0.25) is 0 Å². The van der Waals surface area contributed by atoms with E-state index in [1.54, 1.807) is 0 Å². The number of alkyl halides is 3. The fourth-order valence-corrected chi connectivity index (χ4v) is 11.8. The first kappa shape index (κ1) is 27.7. The topological polar surface area (TPSA) is 57.2 Å². The average Bonchev–Trinajstić information content (AvgIpc) is 2.86. The van der Waals surface area contributed by atoms with Crippen molar-refractivity contribution in [2.75, 3.05) is 6.26 Å². The average molecular weight is 541 g/mol. The van der Waals surface area contributed by atoms with Crippen LogP contribution in [-0.2, 0) is 10.1 Å². The Bertz CT molecular complexity index is 1060. The number of benzene rings is 3. The molecule has 2 atom stereocenters. The molecule has 0 heterocycles. The van der Waals surface area contributed by atoms with E-state index in [9.17, 15) is 13.2 Å². The van der Waals surface area contributed by atoms with Crippen molar-refractivity contribution >= 4 is 45.1 Å². The Kier molecular flexibility index (Phi) is 9.44. The molecule has 1 fully saturated rings. The summed E-state index contributed by atoms with van der Waals surface area (Å²) < 4.78 is 58.9. The summed E-state index contributed by atoms with van der Waals surface area (Å²) in [6, 6.07) is 34.2. The molecule has 1 saturated carbocycles. The van der Waals surface area contributed by atoms with Gasteiger partial charge in [-0.15, -0.1) is 0 Å². The lowest BCUT2D eigenvalue weighted by atomic mass is 9.99. The fourth-order valence-electron chi connectivity index (χ4n) is 4.81. The first-order valence-electron chi connectivity index (χ1n) is 11.2. The van der Waals surface area contributed by atoms with Crippen LogP contribution in [0, 0.1) is 0 Å². The van der Waals surface area contributed by atoms with E-state index < -0.39 is 22.9 Å². The van der Waals surface area contributed by atoms with Gasteiger partial charge in [0.25, 0.3) is 0 Å². The predicted molar refractivity (Wildman–Crippen MR) is 140 cm³/mol. The lowest BCUT2D eigenvalue weighted by Gasteiger charge is -2.40. The summed E-state index contributed by atoms with van der Waals surface area (Å²) in [5.41, 5.74) is -4.94. The molecule has 2 unspecified atom stereocenters. The van der Waals surface area contributed by atoms with E-state index in [4.69, 9.17) is 13.0 Å². The van der Waals surface area contributed by atoms with Crippen LogP contribution >= 0.6 is 19.0 Å². The number of rotatable bonds is 5. The minimum Gasteiger partial charge on any atom is -0.741 e. The summed E-state index contributed by atoms with van der Waals surface area (Å²) in [5.74, 6) is 0. The second-order valence-electron chi connectivity index (χ2n) is 8.26. The number of hydrogen-bond acceptors (Lipinski definition) is 4. The van der Waals surface area contributed by atoms with Gasteiger partial charge in [0, 0.05) is 5.25 Å². The molecule has 0 N–H and O–H groups in total. The molecule has 0 amide bonds. The Morgan fingerprint density at radius 3 is 1.43 bits per heavy atom. The zero-order chi connectivity index (χ0) is 25.5. The normalized spacial score (nSPS) is 18.9. The summed E-state index contributed by atoms with van der Waals surface area (Å²) in [7, 11) is -7.81. The van der Waals surface area contributed by atoms with E-state index in [1.807, 2.05) is 0 Å². The maximum absolute atomic E-state index is 10.7. The van der Waals surface area contributed by atoms with Crippen LogP contribution in [-0.4, -0.2) is 35.6 Å². The van der Waals surface area contributed by atoms with Gasteiger partial charge in [0.15, 0.2) is 10.1 Å². The largest absolute Gasteiger partial charge is 0.741 e. The molecule has 1 aliphatic carbocycles. The van der Waals surface area contributed by atoms with Crippen LogP contribution in [0.25, 0.3) is 0 Å². The molecule has 0 radical (unpaired) electrons. The lowest BCUT2D eigenvalue weighted by molar-refractivity contribution is -0.0517. The van der Waals surface area contributed by atoms with E-state index in [2.05, 4.69) is 109 Å². The number of hydrogen-bond donors (Lipinski definition) is 0. The quantitative estimate of drug-likeness (QED) is 0.237. The Morgan fingerprint density at radius 2 is 1.11 bits per heavy atom. The Morgan fingerprint density at radius 1 is 0.771 bits per heavy atom. The van der Waals surface area contributed by atoms with E-state index in [0.717, 1.165) is 5.25 Å².